The molecule has 0 unspecified atom stereocenters. The van der Waals surface area contributed by atoms with Crippen molar-refractivity contribution in [3.05, 3.63) is 64.8 Å². The monoisotopic (exact) mass is 374 g/mol. The zero-order valence-electron chi connectivity index (χ0n) is 16.7. The molecule has 1 N–H and O–H groups in total. The smallest absolute Gasteiger partial charge is 0.329 e. The molecule has 5 nitrogen and oxygen atoms in total. The molecule has 0 saturated heterocycles. The molecule has 2 aromatic carbocycles. The number of hydrogen-bond acceptors (Lipinski definition) is 2. The second kappa shape index (κ2) is 7.50. The molecule has 0 atom stereocenters. The van der Waals surface area contributed by atoms with E-state index in [-0.39, 0.29) is 5.69 Å². The first kappa shape index (κ1) is 18.3. The quantitative estimate of drug-likeness (QED) is 0.517. The molecule has 0 aliphatic heterocycles. The van der Waals surface area contributed by atoms with E-state index < -0.39 is 0 Å². The Morgan fingerprint density at radius 3 is 2.39 bits per heavy atom. The van der Waals surface area contributed by atoms with Crippen molar-refractivity contribution in [2.24, 2.45) is 0 Å². The summed E-state index contributed by atoms with van der Waals surface area (Å²) in [6, 6.07) is 14.6. The van der Waals surface area contributed by atoms with Crippen LogP contribution in [0.1, 0.15) is 32.3 Å². The molecule has 0 spiro atoms. The molecule has 0 aliphatic rings. The fourth-order valence-electron chi connectivity index (χ4n) is 3.88. The Morgan fingerprint density at radius 2 is 1.68 bits per heavy atom. The van der Waals surface area contributed by atoms with Crippen LogP contribution in [0.15, 0.2) is 53.6 Å². The fraction of sp³-hybridized carbons (Fsp3) is 0.304. The van der Waals surface area contributed by atoms with Crippen molar-refractivity contribution in [1.82, 2.24) is 19.1 Å². The van der Waals surface area contributed by atoms with Gasteiger partial charge < -0.3 is 4.98 Å². The average molecular weight is 374 g/mol. The highest BCUT2D eigenvalue weighted by Crippen LogP contribution is 2.31. The normalized spacial score (nSPS) is 11.4. The number of aromatic amines is 1. The number of fused-ring (bicyclic) bond motifs is 1. The van der Waals surface area contributed by atoms with Gasteiger partial charge in [-0.25, -0.2) is 9.78 Å². The van der Waals surface area contributed by atoms with Gasteiger partial charge in [0.1, 0.15) is 0 Å². The first-order valence-electron chi connectivity index (χ1n) is 9.98. The molecular weight excluding hydrogens is 348 g/mol. The van der Waals surface area contributed by atoms with Crippen molar-refractivity contribution in [1.29, 1.82) is 0 Å². The molecule has 0 amide bonds. The molecule has 4 aromatic rings. The summed E-state index contributed by atoms with van der Waals surface area (Å²) in [7, 11) is 0. The Balaban J connectivity index is 1.89. The van der Waals surface area contributed by atoms with Gasteiger partial charge in [0.15, 0.2) is 0 Å². The molecular formula is C23H26N4O. The number of H-pyrrole nitrogens is 1. The minimum absolute atomic E-state index is 0.0827. The molecule has 2 aromatic heterocycles. The maximum atomic E-state index is 12.9. The number of aryl methyl sites for hydroxylation is 3. The summed E-state index contributed by atoms with van der Waals surface area (Å²) in [4.78, 5) is 20.8. The fourth-order valence-corrected chi connectivity index (χ4v) is 3.88. The van der Waals surface area contributed by atoms with E-state index in [0.717, 1.165) is 59.5 Å². The summed E-state index contributed by atoms with van der Waals surface area (Å²) >= 11 is 0. The van der Waals surface area contributed by atoms with Gasteiger partial charge in [0.05, 0.1) is 28.7 Å². The predicted octanol–water partition coefficient (Wildman–Crippen LogP) is 4.99. The summed E-state index contributed by atoms with van der Waals surface area (Å²) in [6.45, 7) is 7.75. The molecule has 0 aliphatic carbocycles. The third-order valence-electron chi connectivity index (χ3n) is 5.13. The zero-order chi connectivity index (χ0) is 19.7. The molecule has 0 saturated carbocycles. The van der Waals surface area contributed by atoms with E-state index in [0.29, 0.717) is 0 Å². The number of nitrogens with one attached hydrogen (secondary N) is 1. The first-order valence-corrected chi connectivity index (χ1v) is 9.98. The van der Waals surface area contributed by atoms with Gasteiger partial charge in [-0.05, 0) is 38.0 Å². The Bertz CT molecular complexity index is 1180. The highest BCUT2D eigenvalue weighted by molar-refractivity contribution is 5.86. The number of hydrogen-bond donors (Lipinski definition) is 1. The van der Waals surface area contributed by atoms with E-state index in [1.54, 1.807) is 6.33 Å². The summed E-state index contributed by atoms with van der Waals surface area (Å²) in [5.74, 6) is 0. The van der Waals surface area contributed by atoms with Crippen LogP contribution in [0.4, 0.5) is 0 Å². The molecule has 28 heavy (non-hydrogen) atoms. The number of rotatable bonds is 6. The van der Waals surface area contributed by atoms with E-state index in [2.05, 4.69) is 73.2 Å². The van der Waals surface area contributed by atoms with E-state index >= 15 is 0 Å². The maximum absolute atomic E-state index is 12.9. The van der Waals surface area contributed by atoms with Gasteiger partial charge in [-0.2, -0.15) is 0 Å². The minimum atomic E-state index is 0.0827. The molecule has 0 fully saturated rings. The zero-order valence-corrected chi connectivity index (χ0v) is 16.7. The van der Waals surface area contributed by atoms with Crippen molar-refractivity contribution in [3.63, 3.8) is 0 Å². The second-order valence-electron chi connectivity index (χ2n) is 7.28. The SMILES string of the molecule is CCCn1c(=O)n(CCC)c2cc(-c3[nH]cnc3-c3cccc(C)c3)ccc21. The highest BCUT2D eigenvalue weighted by atomic mass is 16.1. The number of aromatic nitrogens is 4. The molecule has 144 valence electrons. The summed E-state index contributed by atoms with van der Waals surface area (Å²) in [6.07, 6.45) is 3.59. The summed E-state index contributed by atoms with van der Waals surface area (Å²) < 4.78 is 3.79. The number of imidazole rings is 2. The lowest BCUT2D eigenvalue weighted by Crippen LogP contribution is -2.24. The van der Waals surface area contributed by atoms with Crippen molar-refractivity contribution in [2.75, 3.05) is 0 Å². The van der Waals surface area contributed by atoms with E-state index in [9.17, 15) is 4.79 Å². The average Bonchev–Trinajstić information content (AvgIpc) is 3.28. The largest absolute Gasteiger partial charge is 0.344 e. The van der Waals surface area contributed by atoms with Gasteiger partial charge in [-0.15, -0.1) is 0 Å². The highest BCUT2D eigenvalue weighted by Gasteiger charge is 2.16. The van der Waals surface area contributed by atoms with E-state index in [1.165, 1.54) is 5.56 Å². The van der Waals surface area contributed by atoms with Gasteiger partial charge in [0.2, 0.25) is 0 Å². The van der Waals surface area contributed by atoms with Crippen LogP contribution < -0.4 is 5.69 Å². The lowest BCUT2D eigenvalue weighted by Gasteiger charge is -2.06. The van der Waals surface area contributed by atoms with Crippen LogP contribution in [0.2, 0.25) is 0 Å². The van der Waals surface area contributed by atoms with Gasteiger partial charge in [-0.1, -0.05) is 43.7 Å². The van der Waals surface area contributed by atoms with Crippen molar-refractivity contribution in [3.8, 4) is 22.5 Å². The van der Waals surface area contributed by atoms with Crippen molar-refractivity contribution < 1.29 is 0 Å². The van der Waals surface area contributed by atoms with Crippen molar-refractivity contribution in [2.45, 2.75) is 46.7 Å². The van der Waals surface area contributed by atoms with E-state index in [1.807, 2.05) is 9.13 Å². The first-order chi connectivity index (χ1) is 13.6. The van der Waals surface area contributed by atoms with Gasteiger partial charge in [0.25, 0.3) is 0 Å². The standard InChI is InChI=1S/C23H26N4O/c1-4-11-26-19-10-9-18(14-20(19)27(12-5-2)23(26)28)22-21(24-15-25-22)17-8-6-7-16(3)13-17/h6-10,13-15H,4-5,11-12H2,1-3H3,(H,24,25). The molecule has 0 bridgehead atoms. The minimum Gasteiger partial charge on any atom is -0.344 e. The maximum Gasteiger partial charge on any atom is 0.329 e. The number of nitrogens with zero attached hydrogens (tertiary/aromatic N) is 3. The van der Waals surface area contributed by atoms with Gasteiger partial charge in [0, 0.05) is 24.2 Å². The Morgan fingerprint density at radius 1 is 0.929 bits per heavy atom. The lowest BCUT2D eigenvalue weighted by atomic mass is 10.0. The van der Waals surface area contributed by atoms with Gasteiger partial charge >= 0.3 is 5.69 Å². The third-order valence-corrected chi connectivity index (χ3v) is 5.13. The predicted molar refractivity (Wildman–Crippen MR) is 115 cm³/mol. The van der Waals surface area contributed by atoms with Crippen LogP contribution in [-0.4, -0.2) is 19.1 Å². The van der Waals surface area contributed by atoms with Crippen LogP contribution in [0.5, 0.6) is 0 Å². The summed E-state index contributed by atoms with van der Waals surface area (Å²) in [5, 5.41) is 0. The second-order valence-corrected chi connectivity index (χ2v) is 7.28. The molecule has 0 radical (unpaired) electrons. The molecule has 4 rings (SSSR count). The van der Waals surface area contributed by atoms with Crippen molar-refractivity contribution >= 4 is 11.0 Å². The lowest BCUT2D eigenvalue weighted by molar-refractivity contribution is 0.607. The van der Waals surface area contributed by atoms with E-state index in [4.69, 9.17) is 0 Å². The topological polar surface area (TPSA) is 55.6 Å². The molecule has 5 heteroatoms. The van der Waals surface area contributed by atoms with Crippen LogP contribution in [0, 0.1) is 6.92 Å². The van der Waals surface area contributed by atoms with Gasteiger partial charge in [-0.3, -0.25) is 9.13 Å². The van der Waals surface area contributed by atoms with Crippen LogP contribution in [-0.2, 0) is 13.1 Å². The summed E-state index contributed by atoms with van der Waals surface area (Å²) in [5.41, 5.74) is 7.32. The van der Waals surface area contributed by atoms with Crippen LogP contribution in [0.3, 0.4) is 0 Å². The Hall–Kier alpha value is -3.08. The van der Waals surface area contributed by atoms with Crippen LogP contribution >= 0.6 is 0 Å². The Labute approximate surface area is 164 Å². The third kappa shape index (κ3) is 3.07. The number of benzene rings is 2. The molecule has 2 heterocycles. The Kier molecular flexibility index (Phi) is 4.90. The van der Waals surface area contributed by atoms with Crippen LogP contribution in [0.25, 0.3) is 33.5 Å².